The quantitative estimate of drug-likeness (QED) is 0.218. The second kappa shape index (κ2) is 13.2. The first kappa shape index (κ1) is 30.9. The highest BCUT2D eigenvalue weighted by molar-refractivity contribution is 6.11. The Hall–Kier alpha value is -4.71. The Labute approximate surface area is 276 Å². The fourth-order valence-electron chi connectivity index (χ4n) is 6.55. The lowest BCUT2D eigenvalue weighted by molar-refractivity contribution is -0.135. The lowest BCUT2D eigenvalue weighted by atomic mass is 9.89. The highest BCUT2D eigenvalue weighted by Gasteiger charge is 2.47. The number of anilines is 1. The fraction of sp³-hybridized carbons (Fsp3) is 0.286. The molecule has 0 radical (unpaired) electrons. The van der Waals surface area contributed by atoms with E-state index in [0.29, 0.717) is 49.2 Å². The molecule has 47 heavy (non-hydrogen) atoms. The monoisotopic (exact) mass is 653 g/mol. The van der Waals surface area contributed by atoms with Crippen molar-refractivity contribution in [3.63, 3.8) is 0 Å². The van der Waals surface area contributed by atoms with E-state index < -0.39 is 5.60 Å². The van der Waals surface area contributed by atoms with Gasteiger partial charge in [-0.1, -0.05) is 24.3 Å². The van der Waals surface area contributed by atoms with Crippen LogP contribution in [0, 0.1) is 5.82 Å². The molecule has 0 saturated carbocycles. The zero-order valence-corrected chi connectivity index (χ0v) is 26.3. The number of halogens is 2. The van der Waals surface area contributed by atoms with E-state index in [-0.39, 0.29) is 30.7 Å². The summed E-state index contributed by atoms with van der Waals surface area (Å²) in [5.41, 5.74) is 3.63. The van der Waals surface area contributed by atoms with E-state index in [2.05, 4.69) is 49.7 Å². The van der Waals surface area contributed by atoms with Crippen molar-refractivity contribution >= 4 is 40.3 Å². The number of nitrogens with one attached hydrogen (secondary N) is 2. The molecule has 240 valence electrons. The summed E-state index contributed by atoms with van der Waals surface area (Å²) in [5.74, 6) is 0.395. The summed E-state index contributed by atoms with van der Waals surface area (Å²) in [6.45, 7) is 2.23. The predicted molar refractivity (Wildman–Crippen MR) is 177 cm³/mol. The van der Waals surface area contributed by atoms with Crippen molar-refractivity contribution in [3.05, 3.63) is 96.6 Å². The molecule has 0 aliphatic carbocycles. The highest BCUT2D eigenvalue weighted by Crippen LogP contribution is 2.33. The largest absolute Gasteiger partial charge is 0.342 e. The zero-order chi connectivity index (χ0) is 32.4. The number of nitrogens with zero attached hydrogens (tertiary/aromatic N) is 5. The summed E-state index contributed by atoms with van der Waals surface area (Å²) in [7, 11) is 0. The lowest BCUT2D eigenvalue weighted by Gasteiger charge is -2.33. The molecule has 2 amide bonds. The van der Waals surface area contributed by atoms with Gasteiger partial charge in [0.1, 0.15) is 5.82 Å². The topological polar surface area (TPSA) is 116 Å². The number of likely N-dealkylation sites (tertiary alicyclic amines) is 2. The van der Waals surface area contributed by atoms with Crippen molar-refractivity contribution < 1.29 is 18.3 Å². The number of carbonyl (C=O) groups excluding carboxylic acids is 2. The number of piperidine rings is 1. The van der Waals surface area contributed by atoms with Crippen LogP contribution in [-0.4, -0.2) is 80.1 Å². The van der Waals surface area contributed by atoms with E-state index in [1.807, 2.05) is 21.9 Å². The van der Waals surface area contributed by atoms with Crippen molar-refractivity contribution in [2.45, 2.75) is 30.8 Å². The van der Waals surface area contributed by atoms with Crippen LogP contribution in [0.1, 0.15) is 30.7 Å². The third kappa shape index (κ3) is 6.47. The van der Waals surface area contributed by atoms with E-state index in [4.69, 9.17) is 16.2 Å². The molecular formula is C35H33ClFN7O3. The molecule has 5 aromatic rings. The number of fused-ring (bicyclic) bond motifs is 1. The minimum Gasteiger partial charge on any atom is -0.342 e. The number of aromatic nitrogens is 4. The van der Waals surface area contributed by atoms with Crippen molar-refractivity contribution in [2.24, 2.45) is 0 Å². The molecule has 10 nitrogen and oxygen atoms in total. The average molecular weight is 654 g/mol. The van der Waals surface area contributed by atoms with Gasteiger partial charge in [-0.3, -0.25) is 23.9 Å². The van der Waals surface area contributed by atoms with Crippen LogP contribution in [0.2, 0.25) is 0 Å². The summed E-state index contributed by atoms with van der Waals surface area (Å²) in [6.07, 6.45) is 5.58. The third-order valence-electron chi connectivity index (χ3n) is 9.22. The molecule has 2 aromatic heterocycles. The van der Waals surface area contributed by atoms with Crippen LogP contribution in [0.25, 0.3) is 33.5 Å². The first-order valence-corrected chi connectivity index (χ1v) is 15.9. The van der Waals surface area contributed by atoms with Crippen molar-refractivity contribution in [1.82, 2.24) is 30.0 Å². The van der Waals surface area contributed by atoms with Crippen LogP contribution < -0.4 is 5.32 Å². The first-order valence-electron chi connectivity index (χ1n) is 15.6. The van der Waals surface area contributed by atoms with Gasteiger partial charge in [0.2, 0.25) is 5.91 Å². The van der Waals surface area contributed by atoms with Gasteiger partial charge >= 0.3 is 0 Å². The Kier molecular flexibility index (Phi) is 8.68. The van der Waals surface area contributed by atoms with Gasteiger partial charge in [-0.15, -0.1) is 0 Å². The molecule has 2 aliphatic rings. The average Bonchev–Trinajstić information content (AvgIpc) is 3.74. The molecule has 2 fully saturated rings. The molecule has 1 unspecified atom stereocenters. The fourth-order valence-corrected chi connectivity index (χ4v) is 6.74. The van der Waals surface area contributed by atoms with Crippen LogP contribution in [0.15, 0.2) is 85.2 Å². The number of carbonyl (C=O) groups is 2. The Morgan fingerprint density at radius 2 is 1.70 bits per heavy atom. The smallest absolute Gasteiger partial charge is 0.259 e. The standard InChI is InChI=1S/C35H33ClFN7O3/c36-47-35(34(46)40-28-10-11-30-29(20-28)32(42-41-30)25-6-8-27(37)9-7-25)14-19-43(22-35)21-31(45)44-17-12-24(13-18-44)23-2-4-26(5-3-23)33-38-15-1-16-39-33/h1-11,15-16,20,24H,12-14,17-19,21-22H2,(H,40,46)(H,41,42). The predicted octanol–water partition coefficient (Wildman–Crippen LogP) is 5.79. The molecular weight excluding hydrogens is 621 g/mol. The van der Waals surface area contributed by atoms with Gasteiger partial charge in [0.15, 0.2) is 11.4 Å². The number of hydrogen-bond donors (Lipinski definition) is 2. The van der Waals surface area contributed by atoms with E-state index in [1.54, 1.807) is 36.7 Å². The Morgan fingerprint density at radius 1 is 0.979 bits per heavy atom. The van der Waals surface area contributed by atoms with Gasteiger partial charge in [-0.25, -0.2) is 14.4 Å². The van der Waals surface area contributed by atoms with E-state index >= 15 is 0 Å². The number of aromatic amines is 1. The van der Waals surface area contributed by atoms with Crippen molar-refractivity contribution in [2.75, 3.05) is 38.0 Å². The zero-order valence-electron chi connectivity index (χ0n) is 25.5. The molecule has 2 aliphatic heterocycles. The SMILES string of the molecule is O=C(CN1CCC(OCl)(C(=O)Nc2ccc3[nH]nc(-c4ccc(F)cc4)c3c2)C1)N1CCC(c2ccc(-c3ncccn3)cc2)CC1. The van der Waals surface area contributed by atoms with Crippen LogP contribution in [0.4, 0.5) is 10.1 Å². The molecule has 12 heteroatoms. The Bertz CT molecular complexity index is 1880. The minimum absolute atomic E-state index is 0.0320. The summed E-state index contributed by atoms with van der Waals surface area (Å²) in [6, 6.07) is 21.6. The molecule has 4 heterocycles. The van der Waals surface area contributed by atoms with Gasteiger partial charge in [-0.2, -0.15) is 5.10 Å². The van der Waals surface area contributed by atoms with E-state index in [0.717, 1.165) is 34.9 Å². The molecule has 7 rings (SSSR count). The highest BCUT2D eigenvalue weighted by atomic mass is 35.5. The minimum atomic E-state index is -1.31. The lowest BCUT2D eigenvalue weighted by Crippen LogP contribution is -2.48. The summed E-state index contributed by atoms with van der Waals surface area (Å²) in [5, 5.41) is 11.1. The Balaban J connectivity index is 0.939. The van der Waals surface area contributed by atoms with Gasteiger partial charge < -0.3 is 10.2 Å². The van der Waals surface area contributed by atoms with Gasteiger partial charge in [0, 0.05) is 67.2 Å². The number of hydrogen-bond acceptors (Lipinski definition) is 7. The molecule has 0 spiro atoms. The maximum atomic E-state index is 13.5. The number of amides is 2. The second-order valence-corrected chi connectivity index (χ2v) is 12.3. The molecule has 3 aromatic carbocycles. The third-order valence-corrected chi connectivity index (χ3v) is 9.52. The van der Waals surface area contributed by atoms with Crippen LogP contribution in [0.5, 0.6) is 0 Å². The van der Waals surface area contributed by atoms with Gasteiger partial charge in [0.25, 0.3) is 5.91 Å². The van der Waals surface area contributed by atoms with Crippen molar-refractivity contribution in [1.29, 1.82) is 0 Å². The maximum Gasteiger partial charge on any atom is 0.259 e. The molecule has 0 bridgehead atoms. The van der Waals surface area contributed by atoms with Gasteiger partial charge in [0.05, 0.1) is 29.6 Å². The van der Waals surface area contributed by atoms with Crippen LogP contribution in [0.3, 0.4) is 0 Å². The number of H-pyrrole nitrogens is 1. The van der Waals surface area contributed by atoms with E-state index in [1.165, 1.54) is 17.7 Å². The number of rotatable bonds is 8. The van der Waals surface area contributed by atoms with Gasteiger partial charge in [-0.05, 0) is 72.9 Å². The van der Waals surface area contributed by atoms with Crippen molar-refractivity contribution in [3.8, 4) is 22.6 Å². The molecule has 2 N–H and O–H groups in total. The summed E-state index contributed by atoms with van der Waals surface area (Å²) < 4.78 is 18.8. The molecule has 1 atom stereocenters. The normalized spacial score (nSPS) is 18.9. The summed E-state index contributed by atoms with van der Waals surface area (Å²) >= 11 is 5.96. The second-order valence-electron chi connectivity index (χ2n) is 12.2. The van der Waals surface area contributed by atoms with Crippen LogP contribution >= 0.6 is 11.9 Å². The summed E-state index contributed by atoms with van der Waals surface area (Å²) in [4.78, 5) is 39.3. The van der Waals surface area contributed by atoms with Crippen LogP contribution in [-0.2, 0) is 13.9 Å². The first-order chi connectivity index (χ1) is 22.9. The Morgan fingerprint density at radius 3 is 2.43 bits per heavy atom. The maximum absolute atomic E-state index is 13.5. The molecule has 2 saturated heterocycles. The van der Waals surface area contributed by atoms with E-state index in [9.17, 15) is 14.0 Å². The number of benzene rings is 3.